The first-order chi connectivity index (χ1) is 8.04. The van der Waals surface area contributed by atoms with E-state index in [1.54, 1.807) is 0 Å². The Morgan fingerprint density at radius 1 is 1.76 bits per heavy atom. The number of nitrogen functional groups attached to an aromatic ring is 1. The number of hydrazine groups is 1. The van der Waals surface area contributed by atoms with E-state index >= 15 is 0 Å². The zero-order valence-corrected chi connectivity index (χ0v) is 9.34. The summed E-state index contributed by atoms with van der Waals surface area (Å²) in [6.45, 7) is 5.80. The summed E-state index contributed by atoms with van der Waals surface area (Å²) < 4.78 is 5.20. The van der Waals surface area contributed by atoms with Crippen molar-refractivity contribution in [3.63, 3.8) is 0 Å². The van der Waals surface area contributed by atoms with Crippen LogP contribution in [0.1, 0.15) is 13.3 Å². The molecule has 8 nitrogen and oxygen atoms in total. The fraction of sp³-hybridized carbons (Fsp3) is 0.333. The molecule has 1 rings (SSSR count). The van der Waals surface area contributed by atoms with Gasteiger partial charge in [0.2, 0.25) is 5.95 Å². The Bertz CT molecular complexity index is 435. The summed E-state index contributed by atoms with van der Waals surface area (Å²) in [5, 5.41) is 10.7. The third-order valence-corrected chi connectivity index (χ3v) is 1.83. The largest absolute Gasteiger partial charge is 0.472 e. The minimum atomic E-state index is -0.615. The van der Waals surface area contributed by atoms with E-state index in [1.165, 1.54) is 0 Å². The van der Waals surface area contributed by atoms with E-state index in [4.69, 9.17) is 10.6 Å². The smallest absolute Gasteiger partial charge is 0.349 e. The van der Waals surface area contributed by atoms with Crippen molar-refractivity contribution in [2.24, 2.45) is 5.84 Å². The van der Waals surface area contributed by atoms with Crippen molar-refractivity contribution >= 4 is 11.6 Å². The molecule has 3 N–H and O–H groups in total. The van der Waals surface area contributed by atoms with Gasteiger partial charge in [0.1, 0.15) is 6.20 Å². The molecule has 0 fully saturated rings. The molecule has 0 saturated carbocycles. The quantitative estimate of drug-likeness (QED) is 0.329. The molecule has 1 aromatic rings. The third-order valence-electron chi connectivity index (χ3n) is 1.83. The summed E-state index contributed by atoms with van der Waals surface area (Å²) in [7, 11) is 0. The molecule has 8 heteroatoms. The minimum absolute atomic E-state index is 0.0564. The number of nitrogens with two attached hydrogens (primary N) is 1. The summed E-state index contributed by atoms with van der Waals surface area (Å²) in [6, 6.07) is 0. The molecule has 0 spiro atoms. The molecule has 0 aromatic carbocycles. The molecule has 0 atom stereocenters. The van der Waals surface area contributed by atoms with Gasteiger partial charge in [-0.1, -0.05) is 5.57 Å². The number of hydrogen-bond acceptors (Lipinski definition) is 7. The van der Waals surface area contributed by atoms with Crippen LogP contribution in [0.15, 0.2) is 18.3 Å². The van der Waals surface area contributed by atoms with Crippen molar-refractivity contribution in [1.29, 1.82) is 0 Å². The summed E-state index contributed by atoms with van der Waals surface area (Å²) in [4.78, 5) is 17.5. The van der Waals surface area contributed by atoms with Gasteiger partial charge in [-0.15, -0.1) is 6.58 Å². The zero-order valence-electron chi connectivity index (χ0n) is 9.34. The average molecular weight is 239 g/mol. The van der Waals surface area contributed by atoms with Crippen LogP contribution in [0.4, 0.5) is 11.6 Å². The van der Waals surface area contributed by atoms with Crippen LogP contribution in [0.2, 0.25) is 0 Å². The Balaban J connectivity index is 2.85. The number of ether oxygens (including phenoxy) is 1. The van der Waals surface area contributed by atoms with Crippen molar-refractivity contribution in [3.05, 3.63) is 28.5 Å². The SMILES string of the molecule is C=C(C)CCOc1nc(NN)ncc1[N+](=O)[O-]. The average Bonchev–Trinajstić information content (AvgIpc) is 2.28. The van der Waals surface area contributed by atoms with Gasteiger partial charge in [-0.05, 0) is 6.92 Å². The van der Waals surface area contributed by atoms with Crippen LogP contribution in [0.3, 0.4) is 0 Å². The van der Waals surface area contributed by atoms with E-state index in [0.29, 0.717) is 6.42 Å². The Labute approximate surface area is 97.6 Å². The van der Waals surface area contributed by atoms with Gasteiger partial charge in [-0.2, -0.15) is 4.98 Å². The lowest BCUT2D eigenvalue weighted by molar-refractivity contribution is -0.386. The maximum Gasteiger partial charge on any atom is 0.349 e. The van der Waals surface area contributed by atoms with Crippen LogP contribution in [0, 0.1) is 10.1 Å². The maximum atomic E-state index is 10.7. The highest BCUT2D eigenvalue weighted by molar-refractivity contribution is 5.42. The summed E-state index contributed by atoms with van der Waals surface area (Å²) in [5.74, 6) is 5.05. The monoisotopic (exact) mass is 239 g/mol. The number of hydrogen-bond donors (Lipinski definition) is 2. The zero-order chi connectivity index (χ0) is 12.8. The number of aromatic nitrogens is 2. The molecule has 1 aromatic heterocycles. The van der Waals surface area contributed by atoms with Crippen molar-refractivity contribution in [2.45, 2.75) is 13.3 Å². The van der Waals surface area contributed by atoms with Gasteiger partial charge in [0.15, 0.2) is 0 Å². The summed E-state index contributed by atoms with van der Waals surface area (Å²) in [6.07, 6.45) is 1.63. The van der Waals surface area contributed by atoms with Crippen LogP contribution >= 0.6 is 0 Å². The lowest BCUT2D eigenvalue weighted by Gasteiger charge is -2.06. The first-order valence-electron chi connectivity index (χ1n) is 4.80. The highest BCUT2D eigenvalue weighted by atomic mass is 16.6. The number of nitro groups is 1. The fourth-order valence-corrected chi connectivity index (χ4v) is 0.983. The molecule has 0 amide bonds. The molecule has 0 aliphatic carbocycles. The van der Waals surface area contributed by atoms with E-state index in [0.717, 1.165) is 11.8 Å². The fourth-order valence-electron chi connectivity index (χ4n) is 0.983. The van der Waals surface area contributed by atoms with Gasteiger partial charge in [0.05, 0.1) is 11.5 Å². The molecule has 92 valence electrons. The van der Waals surface area contributed by atoms with Crippen molar-refractivity contribution in [3.8, 4) is 5.88 Å². The summed E-state index contributed by atoms with van der Waals surface area (Å²) >= 11 is 0. The second-order valence-electron chi connectivity index (χ2n) is 3.34. The van der Waals surface area contributed by atoms with Crippen LogP contribution in [-0.4, -0.2) is 21.5 Å². The highest BCUT2D eigenvalue weighted by Gasteiger charge is 2.18. The van der Waals surface area contributed by atoms with Gasteiger partial charge in [-0.25, -0.2) is 10.8 Å². The number of nitrogens with zero attached hydrogens (tertiary/aromatic N) is 3. The number of rotatable bonds is 6. The summed E-state index contributed by atoms with van der Waals surface area (Å²) in [5.41, 5.74) is 2.81. The van der Waals surface area contributed by atoms with E-state index < -0.39 is 4.92 Å². The Morgan fingerprint density at radius 3 is 3.00 bits per heavy atom. The molecule has 0 unspecified atom stereocenters. The first kappa shape index (κ1) is 12.8. The highest BCUT2D eigenvalue weighted by Crippen LogP contribution is 2.24. The number of nitrogens with one attached hydrogen (secondary N) is 1. The maximum absolute atomic E-state index is 10.7. The molecule has 0 radical (unpaired) electrons. The van der Waals surface area contributed by atoms with E-state index in [2.05, 4.69) is 22.0 Å². The van der Waals surface area contributed by atoms with E-state index in [-0.39, 0.29) is 24.1 Å². The van der Waals surface area contributed by atoms with Gasteiger partial charge in [-0.3, -0.25) is 15.5 Å². The standard InChI is InChI=1S/C9H13N5O3/c1-6(2)3-4-17-8-7(14(15)16)5-11-9(12-8)13-10/h5H,1,3-4,10H2,2H3,(H,11,12,13). The topological polar surface area (TPSA) is 116 Å². The molecule has 1 heterocycles. The predicted molar refractivity (Wildman–Crippen MR) is 61.4 cm³/mol. The second-order valence-corrected chi connectivity index (χ2v) is 3.34. The van der Waals surface area contributed by atoms with E-state index in [9.17, 15) is 10.1 Å². The van der Waals surface area contributed by atoms with E-state index in [1.807, 2.05) is 6.92 Å². The van der Waals surface area contributed by atoms with Gasteiger partial charge >= 0.3 is 5.69 Å². The van der Waals surface area contributed by atoms with Gasteiger partial charge in [0, 0.05) is 6.42 Å². The van der Waals surface area contributed by atoms with Crippen LogP contribution < -0.4 is 16.0 Å². The molecule has 0 aliphatic heterocycles. The van der Waals surface area contributed by atoms with Crippen molar-refractivity contribution in [1.82, 2.24) is 9.97 Å². The molecule has 0 bridgehead atoms. The molecule has 0 aliphatic rings. The molecule has 0 saturated heterocycles. The molecule has 17 heavy (non-hydrogen) atoms. The first-order valence-corrected chi connectivity index (χ1v) is 4.80. The van der Waals surface area contributed by atoms with Crippen LogP contribution in [0.25, 0.3) is 0 Å². The predicted octanol–water partition coefficient (Wildman–Crippen LogP) is 1.02. The van der Waals surface area contributed by atoms with Crippen LogP contribution in [0.5, 0.6) is 5.88 Å². The number of anilines is 1. The van der Waals surface area contributed by atoms with Crippen LogP contribution in [-0.2, 0) is 0 Å². The lowest BCUT2D eigenvalue weighted by Crippen LogP contribution is -2.12. The Morgan fingerprint density at radius 2 is 2.47 bits per heavy atom. The van der Waals surface area contributed by atoms with Gasteiger partial charge < -0.3 is 4.74 Å². The normalized spacial score (nSPS) is 9.76. The van der Waals surface area contributed by atoms with Crippen molar-refractivity contribution < 1.29 is 9.66 Å². The lowest BCUT2D eigenvalue weighted by atomic mass is 10.3. The Hall–Kier alpha value is -2.22. The third kappa shape index (κ3) is 3.68. The van der Waals surface area contributed by atoms with Crippen molar-refractivity contribution in [2.75, 3.05) is 12.0 Å². The molecular weight excluding hydrogens is 226 g/mol. The Kier molecular flexibility index (Phi) is 4.35. The minimum Gasteiger partial charge on any atom is -0.472 e. The molecular formula is C9H13N5O3. The second kappa shape index (κ2) is 5.75. The van der Waals surface area contributed by atoms with Gasteiger partial charge in [0.25, 0.3) is 5.88 Å².